The molecule has 3 rings (SSSR count). The molecular weight excluding hydrogens is 393 g/mol. The Morgan fingerprint density at radius 2 is 1.65 bits per heavy atom. The van der Waals surface area contributed by atoms with Crippen LogP contribution in [0, 0.1) is 17.7 Å². The number of piperidine rings is 1. The molecule has 2 fully saturated rings. The summed E-state index contributed by atoms with van der Waals surface area (Å²) < 4.78 is 32.4. The molecule has 0 amide bonds. The zero-order valence-corrected chi connectivity index (χ0v) is 20.0. The molecule has 1 saturated carbocycles. The van der Waals surface area contributed by atoms with E-state index in [4.69, 9.17) is 14.2 Å². The van der Waals surface area contributed by atoms with Crippen molar-refractivity contribution in [2.24, 2.45) is 0 Å². The Morgan fingerprint density at radius 3 is 2.26 bits per heavy atom. The second-order valence-electron chi connectivity index (χ2n) is 10.6. The van der Waals surface area contributed by atoms with Gasteiger partial charge in [0.1, 0.15) is 12.4 Å². The summed E-state index contributed by atoms with van der Waals surface area (Å²) in [5, 5.41) is 0. The Labute approximate surface area is 187 Å². The summed E-state index contributed by atoms with van der Waals surface area (Å²) in [6, 6.07) is 5.09. The fourth-order valence-electron chi connectivity index (χ4n) is 3.95. The lowest BCUT2D eigenvalue weighted by Crippen LogP contribution is -2.45. The lowest BCUT2D eigenvalue weighted by molar-refractivity contribution is -0.164. The number of rotatable bonds is 5. The fourth-order valence-corrected chi connectivity index (χ4v) is 3.95. The lowest BCUT2D eigenvalue weighted by atomic mass is 9.90. The van der Waals surface area contributed by atoms with Gasteiger partial charge in [-0.25, -0.2) is 4.39 Å². The molecule has 0 bridgehead atoms. The van der Waals surface area contributed by atoms with Crippen LogP contribution < -0.4 is 4.90 Å². The minimum absolute atomic E-state index is 0.0937. The molecule has 0 spiro atoms. The van der Waals surface area contributed by atoms with E-state index < -0.39 is 0 Å². The van der Waals surface area contributed by atoms with Gasteiger partial charge in [0.15, 0.2) is 0 Å². The van der Waals surface area contributed by atoms with Crippen molar-refractivity contribution in [3.8, 4) is 11.8 Å². The average molecular weight is 432 g/mol. The van der Waals surface area contributed by atoms with E-state index in [0.29, 0.717) is 24.5 Å². The molecule has 0 radical (unpaired) electrons. The maximum Gasteiger partial charge on any atom is 0.146 e. The van der Waals surface area contributed by atoms with Gasteiger partial charge in [-0.15, -0.1) is 0 Å². The molecule has 2 aliphatic rings. The van der Waals surface area contributed by atoms with Crippen LogP contribution in [0.4, 0.5) is 10.1 Å². The second kappa shape index (κ2) is 9.90. The molecular formula is C26H38FNO3. The molecule has 1 aliphatic heterocycles. The number of anilines is 1. The number of hydrogen-bond donors (Lipinski definition) is 0. The monoisotopic (exact) mass is 431 g/mol. The van der Waals surface area contributed by atoms with Crippen LogP contribution in [0.5, 0.6) is 0 Å². The van der Waals surface area contributed by atoms with E-state index in [1.54, 1.807) is 6.07 Å². The van der Waals surface area contributed by atoms with Gasteiger partial charge in [-0.2, -0.15) is 0 Å². The minimum atomic E-state index is -0.213. The molecule has 5 heteroatoms. The average Bonchev–Trinajstić information content (AvgIpc) is 2.63. The highest BCUT2D eigenvalue weighted by Crippen LogP contribution is 2.33. The molecule has 1 aromatic rings. The Bertz CT molecular complexity index is 786. The topological polar surface area (TPSA) is 30.9 Å². The van der Waals surface area contributed by atoms with Crippen LogP contribution in [-0.4, -0.2) is 49.2 Å². The largest absolute Gasteiger partial charge is 0.375 e. The van der Waals surface area contributed by atoms with Crippen molar-refractivity contribution >= 4 is 5.69 Å². The van der Waals surface area contributed by atoms with E-state index in [0.717, 1.165) is 44.3 Å². The summed E-state index contributed by atoms with van der Waals surface area (Å²) in [7, 11) is 0. The van der Waals surface area contributed by atoms with Crippen LogP contribution in [0.25, 0.3) is 0 Å². The Hall–Kier alpha value is -1.61. The third kappa shape index (κ3) is 7.79. The molecule has 0 atom stereocenters. The zero-order chi connectivity index (χ0) is 22.6. The first-order valence-corrected chi connectivity index (χ1v) is 11.5. The van der Waals surface area contributed by atoms with E-state index in [9.17, 15) is 4.39 Å². The number of nitrogens with zero attached hydrogens (tertiary/aromatic N) is 1. The van der Waals surface area contributed by atoms with E-state index >= 15 is 0 Å². The van der Waals surface area contributed by atoms with Crippen molar-refractivity contribution in [3.05, 3.63) is 29.6 Å². The Kier molecular flexibility index (Phi) is 7.68. The van der Waals surface area contributed by atoms with Crippen LogP contribution in [0.2, 0.25) is 0 Å². The third-order valence-electron chi connectivity index (χ3n) is 5.50. The van der Waals surface area contributed by atoms with Gasteiger partial charge in [0.2, 0.25) is 0 Å². The fraction of sp³-hybridized carbons (Fsp3) is 0.692. The highest BCUT2D eigenvalue weighted by Gasteiger charge is 2.35. The summed E-state index contributed by atoms with van der Waals surface area (Å²) in [5.41, 5.74) is 1.13. The molecule has 0 unspecified atom stereocenters. The first-order valence-electron chi connectivity index (χ1n) is 11.5. The van der Waals surface area contributed by atoms with E-state index in [1.807, 2.05) is 26.8 Å². The van der Waals surface area contributed by atoms with Gasteiger partial charge in [0.25, 0.3) is 0 Å². The predicted molar refractivity (Wildman–Crippen MR) is 123 cm³/mol. The van der Waals surface area contributed by atoms with Crippen molar-refractivity contribution in [2.75, 3.05) is 24.6 Å². The molecule has 4 nitrogen and oxygen atoms in total. The maximum absolute atomic E-state index is 14.5. The zero-order valence-electron chi connectivity index (χ0n) is 20.0. The summed E-state index contributed by atoms with van der Waals surface area (Å²) in [6.45, 7) is 14.2. The van der Waals surface area contributed by atoms with E-state index in [1.165, 1.54) is 6.07 Å². The standard InChI is InChI=1S/C26H38FNO3/c1-25(2,3)29-15-7-8-19-9-10-23(27)24(16-19)28-13-11-20(12-14-28)30-21-17-22(18-21)31-26(4,5)6/h9-10,16,20-22H,11-15,17-18H2,1-6H3. The number of benzene rings is 1. The smallest absolute Gasteiger partial charge is 0.146 e. The Balaban J connectivity index is 1.47. The highest BCUT2D eigenvalue weighted by atomic mass is 19.1. The van der Waals surface area contributed by atoms with E-state index in [2.05, 4.69) is 37.5 Å². The molecule has 1 saturated heterocycles. The first-order chi connectivity index (χ1) is 14.5. The molecule has 0 aromatic heterocycles. The van der Waals surface area contributed by atoms with Gasteiger partial charge in [-0.05, 0) is 85.4 Å². The maximum atomic E-state index is 14.5. The lowest BCUT2D eigenvalue weighted by Gasteiger charge is -2.42. The minimum Gasteiger partial charge on any atom is -0.375 e. The second-order valence-corrected chi connectivity index (χ2v) is 10.6. The molecule has 31 heavy (non-hydrogen) atoms. The normalized spacial score (nSPS) is 22.6. The summed E-state index contributed by atoms with van der Waals surface area (Å²) in [6.07, 6.45) is 4.65. The van der Waals surface area contributed by atoms with Gasteiger partial charge in [-0.3, -0.25) is 0 Å². The number of ether oxygens (including phenoxy) is 3. The van der Waals surface area contributed by atoms with E-state index in [-0.39, 0.29) is 23.1 Å². The van der Waals surface area contributed by atoms with Crippen LogP contribution in [-0.2, 0) is 14.2 Å². The first kappa shape index (κ1) is 24.0. The number of hydrogen-bond acceptors (Lipinski definition) is 4. The summed E-state index contributed by atoms with van der Waals surface area (Å²) in [4.78, 5) is 2.11. The summed E-state index contributed by atoms with van der Waals surface area (Å²) >= 11 is 0. The predicted octanol–water partition coefficient (Wildman–Crippen LogP) is 5.32. The number of halogens is 1. The molecule has 1 aromatic carbocycles. The van der Waals surface area contributed by atoms with Crippen LogP contribution >= 0.6 is 0 Å². The van der Waals surface area contributed by atoms with Crippen molar-refractivity contribution in [1.82, 2.24) is 0 Å². The van der Waals surface area contributed by atoms with Gasteiger partial charge in [0, 0.05) is 18.7 Å². The molecule has 1 heterocycles. The molecule has 1 aliphatic carbocycles. The van der Waals surface area contributed by atoms with Gasteiger partial charge in [0.05, 0.1) is 35.2 Å². The molecule has 172 valence electrons. The molecule has 0 N–H and O–H groups in total. The van der Waals surface area contributed by atoms with Crippen LogP contribution in [0.15, 0.2) is 18.2 Å². The van der Waals surface area contributed by atoms with Crippen molar-refractivity contribution in [2.45, 2.75) is 96.7 Å². The highest BCUT2D eigenvalue weighted by molar-refractivity contribution is 5.54. The van der Waals surface area contributed by atoms with Gasteiger partial charge >= 0.3 is 0 Å². The Morgan fingerprint density at radius 1 is 0.968 bits per heavy atom. The van der Waals surface area contributed by atoms with Gasteiger partial charge < -0.3 is 19.1 Å². The van der Waals surface area contributed by atoms with Crippen molar-refractivity contribution < 1.29 is 18.6 Å². The van der Waals surface area contributed by atoms with Crippen molar-refractivity contribution in [3.63, 3.8) is 0 Å². The van der Waals surface area contributed by atoms with Gasteiger partial charge in [-0.1, -0.05) is 11.8 Å². The van der Waals surface area contributed by atoms with Crippen molar-refractivity contribution in [1.29, 1.82) is 0 Å². The SMILES string of the molecule is CC(C)(C)OCC#Cc1ccc(F)c(N2CCC(OC3CC(OC(C)(C)C)C3)CC2)c1. The summed E-state index contributed by atoms with van der Waals surface area (Å²) in [5.74, 6) is 5.92. The third-order valence-corrected chi connectivity index (χ3v) is 5.50. The van der Waals surface area contributed by atoms with Crippen LogP contribution in [0.1, 0.15) is 72.8 Å². The van der Waals surface area contributed by atoms with Crippen LogP contribution in [0.3, 0.4) is 0 Å². The quantitative estimate of drug-likeness (QED) is 0.590.